The Bertz CT molecular complexity index is 526. The Morgan fingerprint density at radius 3 is 2.38 bits per heavy atom. The lowest BCUT2D eigenvalue weighted by atomic mass is 9.95. The second-order valence-electron chi connectivity index (χ2n) is 6.08. The Hall–Kier alpha value is -1.51. The van der Waals surface area contributed by atoms with Gasteiger partial charge in [0.15, 0.2) is 0 Å². The molecule has 0 atom stereocenters. The van der Waals surface area contributed by atoms with Crippen LogP contribution < -0.4 is 0 Å². The fourth-order valence-corrected chi connectivity index (χ4v) is 2.09. The molecule has 0 radical (unpaired) electrons. The predicted octanol–water partition coefficient (Wildman–Crippen LogP) is 5.33. The molecule has 1 aromatic heterocycles. The van der Waals surface area contributed by atoms with Crippen molar-refractivity contribution in [2.75, 3.05) is 0 Å². The highest BCUT2D eigenvalue weighted by Crippen LogP contribution is 2.33. The summed E-state index contributed by atoms with van der Waals surface area (Å²) in [6, 6.07) is 0. The standard InChI is InChI=1S/C16H23N3.C2H6/c1-6-7-13-18-12-8-9-16(4,5)10-17-15(12)14(19-13)11(2)3;1-2/h8-11H,6-7H2,1-5H3;1-2H3. The van der Waals surface area contributed by atoms with Gasteiger partial charge in [-0.1, -0.05) is 54.5 Å². The van der Waals surface area contributed by atoms with Gasteiger partial charge in [0.2, 0.25) is 0 Å². The van der Waals surface area contributed by atoms with Crippen LogP contribution in [0.4, 0.5) is 5.69 Å². The quantitative estimate of drug-likeness (QED) is 0.753. The van der Waals surface area contributed by atoms with Crippen molar-refractivity contribution in [1.29, 1.82) is 0 Å². The van der Waals surface area contributed by atoms with Gasteiger partial charge in [0.05, 0.1) is 11.4 Å². The molecule has 3 nitrogen and oxygen atoms in total. The Labute approximate surface area is 129 Å². The van der Waals surface area contributed by atoms with Crippen molar-refractivity contribution in [2.24, 2.45) is 10.4 Å². The molecule has 21 heavy (non-hydrogen) atoms. The lowest BCUT2D eigenvalue weighted by molar-refractivity contribution is 0.699. The van der Waals surface area contributed by atoms with Crippen LogP contribution in [0, 0.1) is 5.41 Å². The number of aromatic nitrogens is 2. The largest absolute Gasteiger partial charge is 0.256 e. The monoisotopic (exact) mass is 287 g/mol. The van der Waals surface area contributed by atoms with Crippen molar-refractivity contribution < 1.29 is 0 Å². The smallest absolute Gasteiger partial charge is 0.129 e. The lowest BCUT2D eigenvalue weighted by Gasteiger charge is -2.12. The Balaban J connectivity index is 0.00000106. The minimum atomic E-state index is -0.0279. The molecule has 0 bridgehead atoms. The summed E-state index contributed by atoms with van der Waals surface area (Å²) in [6.45, 7) is 14.8. The van der Waals surface area contributed by atoms with E-state index in [1.165, 1.54) is 0 Å². The van der Waals surface area contributed by atoms with Crippen molar-refractivity contribution in [1.82, 2.24) is 9.97 Å². The lowest BCUT2D eigenvalue weighted by Crippen LogP contribution is -2.07. The van der Waals surface area contributed by atoms with Crippen LogP contribution >= 0.6 is 0 Å². The number of hydrogen-bond donors (Lipinski definition) is 0. The van der Waals surface area contributed by atoms with E-state index in [9.17, 15) is 0 Å². The maximum absolute atomic E-state index is 4.71. The first-order chi connectivity index (χ1) is 9.93. The number of allylic oxidation sites excluding steroid dienone is 1. The molecule has 1 aliphatic heterocycles. The second kappa shape index (κ2) is 7.48. The van der Waals surface area contributed by atoms with E-state index in [1.807, 2.05) is 20.1 Å². The number of nitrogens with zero attached hydrogens (tertiary/aromatic N) is 3. The molecular formula is C18H29N3. The zero-order valence-electron chi connectivity index (χ0n) is 14.6. The van der Waals surface area contributed by atoms with Crippen LogP contribution in [0.1, 0.15) is 78.0 Å². The average Bonchev–Trinajstić information content (AvgIpc) is 2.60. The summed E-state index contributed by atoms with van der Waals surface area (Å²) in [5.74, 6) is 1.30. The maximum atomic E-state index is 4.71. The van der Waals surface area contributed by atoms with E-state index < -0.39 is 0 Å². The zero-order valence-corrected chi connectivity index (χ0v) is 14.6. The fraction of sp³-hybridized carbons (Fsp3) is 0.611. The summed E-state index contributed by atoms with van der Waals surface area (Å²) in [7, 11) is 0. The van der Waals surface area contributed by atoms with Gasteiger partial charge in [0, 0.05) is 18.1 Å². The summed E-state index contributed by atoms with van der Waals surface area (Å²) in [4.78, 5) is 14.0. The molecular weight excluding hydrogens is 258 g/mol. The molecule has 0 fully saturated rings. The van der Waals surface area contributed by atoms with E-state index in [1.54, 1.807) is 0 Å². The van der Waals surface area contributed by atoms with E-state index in [-0.39, 0.29) is 5.41 Å². The van der Waals surface area contributed by atoms with Crippen LogP contribution in [-0.4, -0.2) is 16.2 Å². The van der Waals surface area contributed by atoms with Gasteiger partial charge in [0.1, 0.15) is 11.5 Å². The van der Waals surface area contributed by atoms with Gasteiger partial charge < -0.3 is 0 Å². The molecule has 1 aliphatic rings. The minimum absolute atomic E-state index is 0.0279. The highest BCUT2D eigenvalue weighted by molar-refractivity contribution is 5.79. The van der Waals surface area contributed by atoms with Gasteiger partial charge >= 0.3 is 0 Å². The summed E-state index contributed by atoms with van der Waals surface area (Å²) in [5, 5.41) is 0. The molecule has 0 N–H and O–H groups in total. The predicted molar refractivity (Wildman–Crippen MR) is 92.4 cm³/mol. The second-order valence-corrected chi connectivity index (χ2v) is 6.08. The van der Waals surface area contributed by atoms with Crippen LogP contribution in [-0.2, 0) is 6.42 Å². The molecule has 0 spiro atoms. The van der Waals surface area contributed by atoms with Crippen LogP contribution in [0.25, 0.3) is 6.08 Å². The third-order valence-corrected chi connectivity index (χ3v) is 3.20. The SMILES string of the molecule is CC.CCCc1nc2c(c(C(C)C)n1)N=CC(C)(C)C=C2. The Kier molecular flexibility index (Phi) is 6.25. The van der Waals surface area contributed by atoms with Gasteiger partial charge in [-0.2, -0.15) is 0 Å². The summed E-state index contributed by atoms with van der Waals surface area (Å²) in [5.41, 5.74) is 2.94. The van der Waals surface area contributed by atoms with E-state index in [2.05, 4.69) is 56.7 Å². The van der Waals surface area contributed by atoms with Crippen molar-refractivity contribution in [3.05, 3.63) is 23.3 Å². The van der Waals surface area contributed by atoms with Crippen LogP contribution in [0.5, 0.6) is 0 Å². The third-order valence-electron chi connectivity index (χ3n) is 3.20. The molecule has 116 valence electrons. The van der Waals surface area contributed by atoms with Crippen molar-refractivity contribution in [3.8, 4) is 0 Å². The molecule has 3 heteroatoms. The molecule has 0 amide bonds. The minimum Gasteiger partial charge on any atom is -0.256 e. The summed E-state index contributed by atoms with van der Waals surface area (Å²) in [6.07, 6.45) is 8.23. The first kappa shape index (κ1) is 17.5. The van der Waals surface area contributed by atoms with Crippen molar-refractivity contribution >= 4 is 18.0 Å². The van der Waals surface area contributed by atoms with Crippen LogP contribution in [0.15, 0.2) is 11.1 Å². The van der Waals surface area contributed by atoms with E-state index in [0.717, 1.165) is 35.7 Å². The third kappa shape index (κ3) is 4.48. The molecule has 0 unspecified atom stereocenters. The van der Waals surface area contributed by atoms with Crippen LogP contribution in [0.2, 0.25) is 0 Å². The van der Waals surface area contributed by atoms with Gasteiger partial charge in [-0.25, -0.2) is 9.97 Å². The fourth-order valence-electron chi connectivity index (χ4n) is 2.09. The van der Waals surface area contributed by atoms with Gasteiger partial charge in [-0.05, 0) is 18.4 Å². The normalized spacial score (nSPS) is 15.2. The maximum Gasteiger partial charge on any atom is 0.129 e. The molecule has 0 aliphatic carbocycles. The number of aryl methyl sites for hydroxylation is 1. The molecule has 2 heterocycles. The first-order valence-electron chi connectivity index (χ1n) is 8.08. The highest BCUT2D eigenvalue weighted by Gasteiger charge is 2.19. The number of fused-ring (bicyclic) bond motifs is 1. The van der Waals surface area contributed by atoms with Crippen molar-refractivity contribution in [2.45, 2.75) is 67.2 Å². The van der Waals surface area contributed by atoms with E-state index >= 15 is 0 Å². The zero-order chi connectivity index (χ0) is 16.0. The van der Waals surface area contributed by atoms with Crippen molar-refractivity contribution in [3.63, 3.8) is 0 Å². The highest BCUT2D eigenvalue weighted by atomic mass is 14.9. The van der Waals surface area contributed by atoms with Gasteiger partial charge in [-0.15, -0.1) is 0 Å². The summed E-state index contributed by atoms with van der Waals surface area (Å²) < 4.78 is 0. The number of aliphatic imine (C=N–C) groups is 1. The topological polar surface area (TPSA) is 38.1 Å². The Morgan fingerprint density at radius 2 is 1.81 bits per heavy atom. The number of hydrogen-bond acceptors (Lipinski definition) is 3. The molecule has 1 aromatic rings. The average molecular weight is 287 g/mol. The molecule has 0 saturated heterocycles. The molecule has 2 rings (SSSR count). The Morgan fingerprint density at radius 1 is 1.14 bits per heavy atom. The van der Waals surface area contributed by atoms with E-state index in [4.69, 9.17) is 4.98 Å². The molecule has 0 aromatic carbocycles. The summed E-state index contributed by atoms with van der Waals surface area (Å²) >= 11 is 0. The first-order valence-corrected chi connectivity index (χ1v) is 8.08. The molecule has 0 saturated carbocycles. The number of rotatable bonds is 3. The van der Waals surface area contributed by atoms with Crippen LogP contribution in [0.3, 0.4) is 0 Å². The van der Waals surface area contributed by atoms with E-state index in [0.29, 0.717) is 5.92 Å². The van der Waals surface area contributed by atoms with Gasteiger partial charge in [0.25, 0.3) is 0 Å². The van der Waals surface area contributed by atoms with Gasteiger partial charge in [-0.3, -0.25) is 4.99 Å².